The summed E-state index contributed by atoms with van der Waals surface area (Å²) in [5.74, 6) is 0.669. The molecule has 0 aliphatic carbocycles. The van der Waals surface area contributed by atoms with Crippen molar-refractivity contribution in [3.8, 4) is 0 Å². The third-order valence-corrected chi connectivity index (χ3v) is 3.05. The van der Waals surface area contributed by atoms with Crippen LogP contribution in [0.2, 0.25) is 0 Å². The molecule has 1 fully saturated rings. The Morgan fingerprint density at radius 3 is 2.88 bits per heavy atom. The Balaban J connectivity index is 1.69. The summed E-state index contributed by atoms with van der Waals surface area (Å²) < 4.78 is 5.33. The fourth-order valence-electron chi connectivity index (χ4n) is 2.01. The lowest BCUT2D eigenvalue weighted by molar-refractivity contribution is 0.185. The average molecular weight is 220 g/mol. The zero-order chi connectivity index (χ0) is 11.2. The Bertz CT molecular complexity index is 296. The predicted octanol–water partition coefficient (Wildman–Crippen LogP) is 1.31. The first-order valence-corrected chi connectivity index (χ1v) is 5.95. The second-order valence-electron chi connectivity index (χ2n) is 4.41. The van der Waals surface area contributed by atoms with Crippen molar-refractivity contribution in [1.82, 2.24) is 5.32 Å². The van der Waals surface area contributed by atoms with E-state index in [-0.39, 0.29) is 6.04 Å². The fourth-order valence-corrected chi connectivity index (χ4v) is 2.01. The van der Waals surface area contributed by atoms with Gasteiger partial charge in [0, 0.05) is 25.7 Å². The number of benzene rings is 1. The van der Waals surface area contributed by atoms with Crippen LogP contribution in [0.4, 0.5) is 0 Å². The highest BCUT2D eigenvalue weighted by atomic mass is 16.5. The van der Waals surface area contributed by atoms with E-state index < -0.39 is 0 Å². The van der Waals surface area contributed by atoms with Crippen molar-refractivity contribution in [3.63, 3.8) is 0 Å². The van der Waals surface area contributed by atoms with Crippen LogP contribution in [0.15, 0.2) is 30.3 Å². The molecule has 16 heavy (non-hydrogen) atoms. The van der Waals surface area contributed by atoms with Gasteiger partial charge in [0.2, 0.25) is 0 Å². The Hall–Kier alpha value is -0.900. The molecule has 0 bridgehead atoms. The quantitative estimate of drug-likeness (QED) is 0.786. The number of rotatable bonds is 5. The first kappa shape index (κ1) is 11.6. The normalized spacial score (nSPS) is 22.2. The van der Waals surface area contributed by atoms with Gasteiger partial charge in [0.15, 0.2) is 0 Å². The zero-order valence-corrected chi connectivity index (χ0v) is 9.56. The van der Waals surface area contributed by atoms with E-state index in [0.717, 1.165) is 26.3 Å². The molecule has 0 radical (unpaired) electrons. The van der Waals surface area contributed by atoms with Crippen molar-refractivity contribution in [1.29, 1.82) is 0 Å². The van der Waals surface area contributed by atoms with Crippen LogP contribution in [0.25, 0.3) is 0 Å². The van der Waals surface area contributed by atoms with E-state index >= 15 is 0 Å². The van der Waals surface area contributed by atoms with Gasteiger partial charge in [-0.1, -0.05) is 30.3 Å². The largest absolute Gasteiger partial charge is 0.381 e. The van der Waals surface area contributed by atoms with E-state index in [1.807, 2.05) is 18.2 Å². The molecule has 0 aromatic heterocycles. The molecule has 0 amide bonds. The Morgan fingerprint density at radius 1 is 1.38 bits per heavy atom. The minimum Gasteiger partial charge on any atom is -0.381 e. The molecule has 3 heteroatoms. The number of nitrogens with two attached hydrogens (primary N) is 1. The van der Waals surface area contributed by atoms with Gasteiger partial charge in [-0.2, -0.15) is 0 Å². The molecule has 3 N–H and O–H groups in total. The smallest absolute Gasteiger partial charge is 0.0507 e. The van der Waals surface area contributed by atoms with E-state index in [9.17, 15) is 0 Å². The summed E-state index contributed by atoms with van der Waals surface area (Å²) in [4.78, 5) is 0. The summed E-state index contributed by atoms with van der Waals surface area (Å²) in [5, 5.41) is 3.42. The molecular weight excluding hydrogens is 200 g/mol. The summed E-state index contributed by atoms with van der Waals surface area (Å²) in [7, 11) is 0. The Kier molecular flexibility index (Phi) is 4.34. The minimum absolute atomic E-state index is 0.0866. The van der Waals surface area contributed by atoms with Crippen molar-refractivity contribution in [2.24, 2.45) is 11.7 Å². The number of ether oxygens (including phenoxy) is 1. The van der Waals surface area contributed by atoms with Crippen molar-refractivity contribution in [2.45, 2.75) is 12.5 Å². The lowest BCUT2D eigenvalue weighted by atomic mass is 10.1. The maximum absolute atomic E-state index is 6.09. The van der Waals surface area contributed by atoms with Gasteiger partial charge in [-0.25, -0.2) is 0 Å². The molecule has 1 aliphatic rings. The molecule has 2 atom stereocenters. The summed E-state index contributed by atoms with van der Waals surface area (Å²) in [6.07, 6.45) is 1.17. The molecule has 1 saturated heterocycles. The number of hydrogen-bond acceptors (Lipinski definition) is 3. The van der Waals surface area contributed by atoms with E-state index in [1.54, 1.807) is 0 Å². The SMILES string of the molecule is NC(CNCC1CCOC1)c1ccccc1. The van der Waals surface area contributed by atoms with Crippen LogP contribution in [0.3, 0.4) is 0 Å². The van der Waals surface area contributed by atoms with Gasteiger partial charge in [0.25, 0.3) is 0 Å². The molecule has 88 valence electrons. The van der Waals surface area contributed by atoms with Crippen LogP contribution < -0.4 is 11.1 Å². The Morgan fingerprint density at radius 2 is 2.19 bits per heavy atom. The summed E-state index contributed by atoms with van der Waals surface area (Å²) >= 11 is 0. The third kappa shape index (κ3) is 3.30. The second-order valence-corrected chi connectivity index (χ2v) is 4.41. The predicted molar refractivity (Wildman–Crippen MR) is 65.2 cm³/mol. The molecular formula is C13H20N2O. The molecule has 3 nitrogen and oxygen atoms in total. The topological polar surface area (TPSA) is 47.3 Å². The minimum atomic E-state index is 0.0866. The molecule has 0 spiro atoms. The third-order valence-electron chi connectivity index (χ3n) is 3.05. The molecule has 2 unspecified atom stereocenters. The summed E-state index contributed by atoms with van der Waals surface area (Å²) in [6.45, 7) is 3.66. The van der Waals surface area contributed by atoms with Crippen LogP contribution in [0.5, 0.6) is 0 Å². The average Bonchev–Trinajstić information content (AvgIpc) is 2.83. The van der Waals surface area contributed by atoms with Crippen molar-refractivity contribution in [2.75, 3.05) is 26.3 Å². The van der Waals surface area contributed by atoms with Crippen molar-refractivity contribution >= 4 is 0 Å². The van der Waals surface area contributed by atoms with Gasteiger partial charge in [-0.15, -0.1) is 0 Å². The lowest BCUT2D eigenvalue weighted by Gasteiger charge is -2.15. The number of nitrogens with one attached hydrogen (secondary N) is 1. The lowest BCUT2D eigenvalue weighted by Crippen LogP contribution is -2.31. The maximum Gasteiger partial charge on any atom is 0.0507 e. The van der Waals surface area contributed by atoms with Crippen molar-refractivity contribution in [3.05, 3.63) is 35.9 Å². The van der Waals surface area contributed by atoms with Crippen LogP contribution in [-0.2, 0) is 4.74 Å². The van der Waals surface area contributed by atoms with E-state index in [0.29, 0.717) is 5.92 Å². The fraction of sp³-hybridized carbons (Fsp3) is 0.538. The van der Waals surface area contributed by atoms with Crippen LogP contribution in [0.1, 0.15) is 18.0 Å². The van der Waals surface area contributed by atoms with E-state index in [2.05, 4.69) is 17.4 Å². The number of hydrogen-bond donors (Lipinski definition) is 2. The Labute approximate surface area is 97.0 Å². The highest BCUT2D eigenvalue weighted by Gasteiger charge is 2.15. The molecule has 1 aromatic rings. The van der Waals surface area contributed by atoms with Crippen molar-refractivity contribution < 1.29 is 4.74 Å². The van der Waals surface area contributed by atoms with Gasteiger partial charge in [0.05, 0.1) is 6.61 Å². The van der Waals surface area contributed by atoms with Crippen LogP contribution in [-0.4, -0.2) is 26.3 Å². The second kappa shape index (κ2) is 5.99. The van der Waals surface area contributed by atoms with Gasteiger partial charge in [0.1, 0.15) is 0 Å². The van der Waals surface area contributed by atoms with E-state index in [1.165, 1.54) is 12.0 Å². The van der Waals surface area contributed by atoms with Crippen LogP contribution in [0, 0.1) is 5.92 Å². The molecule has 2 rings (SSSR count). The first-order chi connectivity index (χ1) is 7.86. The van der Waals surface area contributed by atoms with Gasteiger partial charge in [-0.3, -0.25) is 0 Å². The monoisotopic (exact) mass is 220 g/mol. The highest BCUT2D eigenvalue weighted by Crippen LogP contribution is 2.12. The molecule has 1 aliphatic heterocycles. The molecule has 1 aromatic carbocycles. The summed E-state index contributed by atoms with van der Waals surface area (Å²) in [5.41, 5.74) is 7.28. The highest BCUT2D eigenvalue weighted by molar-refractivity contribution is 5.18. The van der Waals surface area contributed by atoms with Gasteiger partial charge < -0.3 is 15.8 Å². The maximum atomic E-state index is 6.09. The standard InChI is InChI=1S/C13H20N2O/c14-13(12-4-2-1-3-5-12)9-15-8-11-6-7-16-10-11/h1-5,11,13,15H,6-10,14H2. The van der Waals surface area contributed by atoms with E-state index in [4.69, 9.17) is 10.5 Å². The van der Waals surface area contributed by atoms with Gasteiger partial charge >= 0.3 is 0 Å². The van der Waals surface area contributed by atoms with Gasteiger partial charge in [-0.05, 0) is 17.9 Å². The summed E-state index contributed by atoms with van der Waals surface area (Å²) in [6, 6.07) is 10.3. The molecule has 1 heterocycles. The first-order valence-electron chi connectivity index (χ1n) is 5.95. The zero-order valence-electron chi connectivity index (χ0n) is 9.56. The van der Waals surface area contributed by atoms with Crippen LogP contribution >= 0.6 is 0 Å². The molecule has 0 saturated carbocycles.